The fourth-order valence-corrected chi connectivity index (χ4v) is 10.9. The Hall–Kier alpha value is -2.10. The molecule has 0 aromatic heterocycles. The van der Waals surface area contributed by atoms with Crippen LogP contribution in [0.4, 0.5) is 0 Å². The van der Waals surface area contributed by atoms with E-state index in [4.69, 9.17) is 4.74 Å². The Morgan fingerprint density at radius 2 is 1.92 bits per heavy atom. The van der Waals surface area contributed by atoms with Crippen molar-refractivity contribution in [3.8, 4) is 0 Å². The summed E-state index contributed by atoms with van der Waals surface area (Å²) in [5, 5.41) is 10.5. The van der Waals surface area contributed by atoms with Gasteiger partial charge in [0.2, 0.25) is 11.8 Å². The molecule has 1 aromatic rings. The summed E-state index contributed by atoms with van der Waals surface area (Å²) in [7, 11) is 0. The van der Waals surface area contributed by atoms with Crippen LogP contribution >= 0.6 is 27.7 Å². The molecule has 5 rings (SSSR count). The van der Waals surface area contributed by atoms with Crippen LogP contribution in [-0.2, 0) is 19.1 Å². The zero-order valence-corrected chi connectivity index (χ0v) is 24.5. The van der Waals surface area contributed by atoms with Crippen LogP contribution in [0.25, 0.3) is 0 Å². The number of nitrogens with zero attached hydrogens (tertiary/aromatic N) is 2. The van der Waals surface area contributed by atoms with Crippen LogP contribution in [0.5, 0.6) is 0 Å². The highest BCUT2D eigenvalue weighted by molar-refractivity contribution is 9.09. The molecule has 0 radical (unpaired) electrons. The summed E-state index contributed by atoms with van der Waals surface area (Å²) < 4.78 is 4.69. The van der Waals surface area contributed by atoms with Crippen LogP contribution < -0.4 is 0 Å². The minimum Gasteiger partial charge on any atom is -0.461 e. The number of halogens is 1. The molecular weight excluding hydrogens is 580 g/mol. The van der Waals surface area contributed by atoms with Crippen molar-refractivity contribution in [2.45, 2.75) is 71.5 Å². The Morgan fingerprint density at radius 1 is 1.21 bits per heavy atom. The van der Waals surface area contributed by atoms with Crippen molar-refractivity contribution >= 4 is 45.5 Å². The second-order valence-electron chi connectivity index (χ2n) is 11.0. The van der Waals surface area contributed by atoms with Gasteiger partial charge in [-0.2, -0.15) is 0 Å². The minimum atomic E-state index is -0.818. The number of alkyl halides is 1. The number of hydrogen-bond donors (Lipinski definition) is 1. The Kier molecular flexibility index (Phi) is 8.59. The molecule has 1 spiro atoms. The zero-order chi connectivity index (χ0) is 27.7. The van der Waals surface area contributed by atoms with Crippen molar-refractivity contribution in [1.29, 1.82) is 0 Å². The second-order valence-corrected chi connectivity index (χ2v) is 13.7. The standard InChI is InChI=1S/C30H37BrN2O5S/c1-3-15-32(20-13-9-6-10-14-20)28(36)26-30-17-21(31)25(39-30)23(29(37)38-16-4-2)24(30)27(35)33(26)22(18-34)19-11-7-5-8-12-19/h3-5,7-8,11-12,20-26,34H,1-2,6,9-10,13-18H2/t21?,22-,23-,24+,25-,26?,30?/m1/s1. The highest BCUT2D eigenvalue weighted by Gasteiger charge is 2.77. The Balaban J connectivity index is 1.61. The first kappa shape index (κ1) is 28.4. The van der Waals surface area contributed by atoms with E-state index in [1.54, 1.807) is 22.7 Å². The van der Waals surface area contributed by atoms with Gasteiger partial charge in [0, 0.05) is 22.7 Å². The number of fused-ring (bicyclic) bond motifs is 1. The van der Waals surface area contributed by atoms with Gasteiger partial charge in [-0.1, -0.05) is 84.3 Å². The maximum atomic E-state index is 14.8. The number of amides is 2. The number of ether oxygens (including phenoxy) is 1. The molecule has 3 heterocycles. The molecule has 4 fully saturated rings. The van der Waals surface area contributed by atoms with Gasteiger partial charge in [-0.25, -0.2) is 0 Å². The molecule has 7 nitrogen and oxygen atoms in total. The van der Waals surface area contributed by atoms with Crippen molar-refractivity contribution in [3.05, 3.63) is 61.2 Å². The van der Waals surface area contributed by atoms with Crippen molar-refractivity contribution in [2.75, 3.05) is 19.8 Å². The summed E-state index contributed by atoms with van der Waals surface area (Å²) in [5.41, 5.74) is 0.760. The molecule has 4 aliphatic rings. The Morgan fingerprint density at radius 3 is 2.56 bits per heavy atom. The van der Waals surface area contributed by atoms with Crippen LogP contribution in [0.15, 0.2) is 55.6 Å². The van der Waals surface area contributed by atoms with Crippen LogP contribution in [0.3, 0.4) is 0 Å². The average molecular weight is 618 g/mol. The summed E-state index contributed by atoms with van der Waals surface area (Å²) in [4.78, 5) is 46.1. The van der Waals surface area contributed by atoms with Crippen molar-refractivity contribution < 1.29 is 24.2 Å². The van der Waals surface area contributed by atoms with Gasteiger partial charge in [0.25, 0.3) is 0 Å². The van der Waals surface area contributed by atoms with E-state index >= 15 is 0 Å². The van der Waals surface area contributed by atoms with E-state index in [1.165, 1.54) is 6.08 Å². The molecule has 3 aliphatic heterocycles. The summed E-state index contributed by atoms with van der Waals surface area (Å²) in [5.74, 6) is -2.19. The fourth-order valence-electron chi connectivity index (χ4n) is 7.33. The Labute approximate surface area is 243 Å². The quantitative estimate of drug-likeness (QED) is 0.240. The highest BCUT2D eigenvalue weighted by atomic mass is 79.9. The summed E-state index contributed by atoms with van der Waals surface area (Å²) in [6, 6.07) is 7.92. The number of carbonyl (C=O) groups excluding carboxylic acids is 3. The molecule has 2 bridgehead atoms. The van der Waals surface area contributed by atoms with Crippen LogP contribution in [0, 0.1) is 11.8 Å². The van der Waals surface area contributed by atoms with Crippen LogP contribution in [0.1, 0.15) is 50.1 Å². The summed E-state index contributed by atoms with van der Waals surface area (Å²) >= 11 is 5.38. The molecule has 7 atom stereocenters. The number of likely N-dealkylation sites (tertiary alicyclic amines) is 1. The monoisotopic (exact) mass is 616 g/mol. The molecule has 3 saturated heterocycles. The number of aliphatic hydroxyl groups is 1. The summed E-state index contributed by atoms with van der Waals surface area (Å²) in [6.45, 7) is 7.71. The van der Waals surface area contributed by atoms with E-state index in [0.717, 1.165) is 37.7 Å². The maximum absolute atomic E-state index is 14.8. The lowest BCUT2D eigenvalue weighted by molar-refractivity contribution is -0.153. The van der Waals surface area contributed by atoms with Gasteiger partial charge < -0.3 is 19.6 Å². The number of aliphatic hydroxyl groups excluding tert-OH is 1. The second kappa shape index (κ2) is 11.8. The van der Waals surface area contributed by atoms with Gasteiger partial charge >= 0.3 is 5.97 Å². The molecule has 9 heteroatoms. The predicted molar refractivity (Wildman–Crippen MR) is 155 cm³/mol. The Bertz CT molecular complexity index is 1110. The van der Waals surface area contributed by atoms with Gasteiger partial charge in [0.05, 0.1) is 29.2 Å². The molecule has 1 N–H and O–H groups in total. The van der Waals surface area contributed by atoms with Crippen molar-refractivity contribution in [3.63, 3.8) is 0 Å². The third-order valence-corrected chi connectivity index (χ3v) is 12.1. The smallest absolute Gasteiger partial charge is 0.311 e. The van der Waals surface area contributed by atoms with Gasteiger partial charge in [-0.15, -0.1) is 18.3 Å². The van der Waals surface area contributed by atoms with Crippen LogP contribution in [0.2, 0.25) is 0 Å². The summed E-state index contributed by atoms with van der Waals surface area (Å²) in [6.07, 6.45) is 8.98. The molecule has 1 aromatic carbocycles. The SMILES string of the molecule is C=CCOC(=O)[C@H]1[C@@H]2SC3(CC2Br)C(C(=O)N(CC=C)C2CCCCC2)N([C@H](CO)c2ccccc2)C(=O)[C@H]13. The topological polar surface area (TPSA) is 87.2 Å². The minimum absolute atomic E-state index is 0.0464. The maximum Gasteiger partial charge on any atom is 0.311 e. The lowest BCUT2D eigenvalue weighted by atomic mass is 9.71. The molecule has 1 aliphatic carbocycles. The molecule has 210 valence electrons. The number of esters is 1. The fraction of sp³-hybridized carbons (Fsp3) is 0.567. The highest BCUT2D eigenvalue weighted by Crippen LogP contribution is 2.68. The van der Waals surface area contributed by atoms with Crippen molar-refractivity contribution in [1.82, 2.24) is 9.80 Å². The third-order valence-electron chi connectivity index (χ3n) is 8.89. The number of thioether (sulfide) groups is 1. The van der Waals surface area contributed by atoms with Gasteiger partial charge in [-0.3, -0.25) is 14.4 Å². The van der Waals surface area contributed by atoms with Gasteiger partial charge in [-0.05, 0) is 24.8 Å². The first-order valence-electron chi connectivity index (χ1n) is 13.9. The lowest BCUT2D eigenvalue weighted by Crippen LogP contribution is -2.58. The molecule has 2 amide bonds. The lowest BCUT2D eigenvalue weighted by Gasteiger charge is -2.42. The van der Waals surface area contributed by atoms with E-state index in [0.29, 0.717) is 13.0 Å². The van der Waals surface area contributed by atoms with E-state index in [-0.39, 0.29) is 41.1 Å². The first-order valence-corrected chi connectivity index (χ1v) is 15.7. The molecular formula is C30H37BrN2O5S. The zero-order valence-electron chi connectivity index (χ0n) is 22.1. The first-order chi connectivity index (χ1) is 18.9. The molecule has 3 unspecified atom stereocenters. The van der Waals surface area contributed by atoms with E-state index < -0.39 is 34.6 Å². The van der Waals surface area contributed by atoms with E-state index in [9.17, 15) is 19.5 Å². The number of benzene rings is 1. The number of carbonyl (C=O) groups is 3. The van der Waals surface area contributed by atoms with E-state index in [1.807, 2.05) is 35.2 Å². The van der Waals surface area contributed by atoms with E-state index in [2.05, 4.69) is 29.1 Å². The number of hydrogen-bond acceptors (Lipinski definition) is 6. The van der Waals surface area contributed by atoms with Crippen molar-refractivity contribution in [2.24, 2.45) is 11.8 Å². The van der Waals surface area contributed by atoms with Gasteiger partial charge in [0.15, 0.2) is 0 Å². The largest absolute Gasteiger partial charge is 0.461 e. The van der Waals surface area contributed by atoms with Gasteiger partial charge in [0.1, 0.15) is 12.6 Å². The average Bonchev–Trinajstić information content (AvgIpc) is 3.55. The normalized spacial score (nSPS) is 32.5. The number of rotatable bonds is 10. The molecule has 1 saturated carbocycles. The molecule has 39 heavy (non-hydrogen) atoms. The predicted octanol–water partition coefficient (Wildman–Crippen LogP) is 4.26. The van der Waals surface area contributed by atoms with Crippen LogP contribution in [-0.4, -0.2) is 79.4 Å². The third kappa shape index (κ3) is 4.78.